The summed E-state index contributed by atoms with van der Waals surface area (Å²) in [6.07, 6.45) is 1.58. The summed E-state index contributed by atoms with van der Waals surface area (Å²) in [4.78, 5) is 3.97. The molecule has 1 aromatic heterocycles. The number of hydrogen-bond donors (Lipinski definition) is 1. The first-order chi connectivity index (χ1) is 8.74. The maximum Gasteiger partial charge on any atom is 0.163 e. The summed E-state index contributed by atoms with van der Waals surface area (Å²) in [5.41, 5.74) is 1.76. The second-order valence-corrected chi connectivity index (χ2v) is 3.89. The molecule has 0 saturated carbocycles. The fourth-order valence-electron chi connectivity index (χ4n) is 1.49. The summed E-state index contributed by atoms with van der Waals surface area (Å²) in [6.45, 7) is 0. The quantitative estimate of drug-likeness (QED) is 0.918. The lowest BCUT2D eigenvalue weighted by Crippen LogP contribution is -1.96. The molecular formula is C13H10ClN3O. The number of halogens is 1. The molecule has 5 heteroatoms. The zero-order chi connectivity index (χ0) is 13.0. The van der Waals surface area contributed by atoms with Gasteiger partial charge in [0.25, 0.3) is 0 Å². The lowest BCUT2D eigenvalue weighted by atomic mass is 10.2. The van der Waals surface area contributed by atoms with Crippen molar-refractivity contribution in [3.63, 3.8) is 0 Å². The molecule has 0 fully saturated rings. The third-order valence-electron chi connectivity index (χ3n) is 2.34. The van der Waals surface area contributed by atoms with Crippen LogP contribution < -0.4 is 10.1 Å². The molecule has 1 heterocycles. The minimum atomic E-state index is 0.339. The van der Waals surface area contributed by atoms with E-state index in [1.54, 1.807) is 43.6 Å². The average molecular weight is 260 g/mol. The van der Waals surface area contributed by atoms with Crippen molar-refractivity contribution in [1.82, 2.24) is 4.98 Å². The molecule has 0 aliphatic rings. The highest BCUT2D eigenvalue weighted by molar-refractivity contribution is 6.32. The number of nitrogens with one attached hydrogen (secondary N) is 1. The van der Waals surface area contributed by atoms with E-state index in [2.05, 4.69) is 10.3 Å². The van der Waals surface area contributed by atoms with Crippen molar-refractivity contribution in [2.75, 3.05) is 12.4 Å². The molecule has 4 nitrogen and oxygen atoms in total. The van der Waals surface area contributed by atoms with Crippen molar-refractivity contribution < 1.29 is 4.74 Å². The van der Waals surface area contributed by atoms with Crippen molar-refractivity contribution in [3.05, 3.63) is 47.2 Å². The van der Waals surface area contributed by atoms with Gasteiger partial charge in [0.15, 0.2) is 5.69 Å². The van der Waals surface area contributed by atoms with E-state index >= 15 is 0 Å². The number of hydrogen-bond acceptors (Lipinski definition) is 4. The Morgan fingerprint density at radius 3 is 2.94 bits per heavy atom. The highest BCUT2D eigenvalue weighted by Crippen LogP contribution is 2.29. The summed E-state index contributed by atoms with van der Waals surface area (Å²) >= 11 is 5.94. The summed E-state index contributed by atoms with van der Waals surface area (Å²) in [5, 5.41) is 12.6. The molecule has 0 bridgehead atoms. The van der Waals surface area contributed by atoms with Crippen LogP contribution in [0, 0.1) is 11.3 Å². The summed E-state index contributed by atoms with van der Waals surface area (Å²) in [6, 6.07) is 10.9. The Bertz CT molecular complexity index is 607. The van der Waals surface area contributed by atoms with Crippen molar-refractivity contribution in [2.24, 2.45) is 0 Å². The van der Waals surface area contributed by atoms with Crippen LogP contribution >= 0.6 is 11.6 Å². The summed E-state index contributed by atoms with van der Waals surface area (Å²) in [7, 11) is 1.55. The van der Waals surface area contributed by atoms with E-state index in [-0.39, 0.29) is 0 Å². The minimum Gasteiger partial charge on any atom is -0.495 e. The van der Waals surface area contributed by atoms with Gasteiger partial charge in [-0.25, -0.2) is 4.98 Å². The van der Waals surface area contributed by atoms with Gasteiger partial charge >= 0.3 is 0 Å². The molecule has 0 spiro atoms. The molecule has 1 N–H and O–H groups in total. The summed E-state index contributed by atoms with van der Waals surface area (Å²) in [5.74, 6) is 0.573. The molecule has 0 aliphatic heterocycles. The molecule has 2 rings (SSSR count). The Kier molecular flexibility index (Phi) is 3.66. The predicted molar refractivity (Wildman–Crippen MR) is 70.2 cm³/mol. The number of methoxy groups -OCH3 is 1. The molecule has 0 atom stereocenters. The molecule has 0 unspecified atom stereocenters. The Morgan fingerprint density at radius 1 is 1.39 bits per heavy atom. The number of aromatic nitrogens is 1. The maximum absolute atomic E-state index is 8.94. The molecular weight excluding hydrogens is 250 g/mol. The Balaban J connectivity index is 2.32. The summed E-state index contributed by atoms with van der Waals surface area (Å²) < 4.78 is 5.13. The average Bonchev–Trinajstić information content (AvgIpc) is 2.41. The first-order valence-corrected chi connectivity index (χ1v) is 5.58. The monoisotopic (exact) mass is 259 g/mol. The van der Waals surface area contributed by atoms with Crippen LogP contribution in [0.4, 0.5) is 11.4 Å². The molecule has 2 aromatic rings. The van der Waals surface area contributed by atoms with E-state index in [4.69, 9.17) is 21.6 Å². The van der Waals surface area contributed by atoms with E-state index in [0.29, 0.717) is 22.2 Å². The maximum atomic E-state index is 8.94. The molecule has 1 aromatic carbocycles. The van der Waals surface area contributed by atoms with Crippen molar-refractivity contribution >= 4 is 23.0 Å². The van der Waals surface area contributed by atoms with Gasteiger partial charge in [0.1, 0.15) is 11.8 Å². The number of nitrogens with zero attached hydrogens (tertiary/aromatic N) is 2. The van der Waals surface area contributed by atoms with E-state index in [9.17, 15) is 0 Å². The number of pyridine rings is 1. The van der Waals surface area contributed by atoms with Crippen molar-refractivity contribution in [3.8, 4) is 11.8 Å². The van der Waals surface area contributed by atoms with Crippen LogP contribution in [0.5, 0.6) is 5.75 Å². The highest BCUT2D eigenvalue weighted by Gasteiger charge is 2.05. The largest absolute Gasteiger partial charge is 0.495 e. The number of benzene rings is 1. The third kappa shape index (κ3) is 2.53. The standard InChI is InChI=1S/C13H10ClN3O/c1-18-13-7-9(4-5-10(13)14)17-11-3-2-6-16-12(11)8-15/h2-7,17H,1H3. The molecule has 0 saturated heterocycles. The van der Waals surface area contributed by atoms with Crippen LogP contribution in [0.2, 0.25) is 5.02 Å². The third-order valence-corrected chi connectivity index (χ3v) is 2.66. The van der Waals surface area contributed by atoms with E-state index in [1.807, 2.05) is 6.07 Å². The van der Waals surface area contributed by atoms with E-state index < -0.39 is 0 Å². The molecule has 90 valence electrons. The van der Waals surface area contributed by atoms with Gasteiger partial charge in [-0.2, -0.15) is 5.26 Å². The second-order valence-electron chi connectivity index (χ2n) is 3.49. The lowest BCUT2D eigenvalue weighted by Gasteiger charge is -2.09. The van der Waals surface area contributed by atoms with E-state index in [0.717, 1.165) is 5.69 Å². The molecule has 0 amide bonds. The SMILES string of the molecule is COc1cc(Nc2cccnc2C#N)ccc1Cl. The van der Waals surface area contributed by atoms with Crippen LogP contribution in [0.1, 0.15) is 5.69 Å². The minimum absolute atomic E-state index is 0.339. The van der Waals surface area contributed by atoms with Crippen LogP contribution in [0.25, 0.3) is 0 Å². The molecule has 0 aliphatic carbocycles. The molecule has 0 radical (unpaired) electrons. The van der Waals surface area contributed by atoms with E-state index in [1.165, 1.54) is 0 Å². The van der Waals surface area contributed by atoms with Gasteiger partial charge in [0.2, 0.25) is 0 Å². The fourth-order valence-corrected chi connectivity index (χ4v) is 1.68. The van der Waals surface area contributed by atoms with Crippen LogP contribution in [0.15, 0.2) is 36.5 Å². The zero-order valence-electron chi connectivity index (χ0n) is 9.64. The zero-order valence-corrected chi connectivity index (χ0v) is 10.4. The van der Waals surface area contributed by atoms with Gasteiger partial charge in [-0.05, 0) is 24.3 Å². The Labute approximate surface area is 110 Å². The number of rotatable bonds is 3. The Morgan fingerprint density at radius 2 is 2.22 bits per heavy atom. The van der Waals surface area contributed by atoms with Crippen LogP contribution in [-0.4, -0.2) is 12.1 Å². The first-order valence-electron chi connectivity index (χ1n) is 5.20. The van der Waals surface area contributed by atoms with Gasteiger partial charge in [-0.3, -0.25) is 0 Å². The number of ether oxygens (including phenoxy) is 1. The highest BCUT2D eigenvalue weighted by atomic mass is 35.5. The smallest absolute Gasteiger partial charge is 0.163 e. The Hall–Kier alpha value is -2.25. The van der Waals surface area contributed by atoms with Gasteiger partial charge in [-0.1, -0.05) is 11.6 Å². The first kappa shape index (κ1) is 12.2. The predicted octanol–water partition coefficient (Wildman–Crippen LogP) is 3.36. The van der Waals surface area contributed by atoms with Crippen molar-refractivity contribution in [1.29, 1.82) is 5.26 Å². The normalized spacial score (nSPS) is 9.61. The van der Waals surface area contributed by atoms with Gasteiger partial charge in [-0.15, -0.1) is 0 Å². The van der Waals surface area contributed by atoms with Crippen molar-refractivity contribution in [2.45, 2.75) is 0 Å². The van der Waals surface area contributed by atoms with Gasteiger partial charge in [0, 0.05) is 18.0 Å². The molecule has 18 heavy (non-hydrogen) atoms. The van der Waals surface area contributed by atoms with Crippen LogP contribution in [0.3, 0.4) is 0 Å². The second kappa shape index (κ2) is 5.39. The number of anilines is 2. The van der Waals surface area contributed by atoms with Gasteiger partial charge < -0.3 is 10.1 Å². The number of nitriles is 1. The lowest BCUT2D eigenvalue weighted by molar-refractivity contribution is 0.415. The topological polar surface area (TPSA) is 57.9 Å². The van der Waals surface area contributed by atoms with Crippen LogP contribution in [-0.2, 0) is 0 Å². The van der Waals surface area contributed by atoms with Gasteiger partial charge in [0.05, 0.1) is 17.8 Å². The fraction of sp³-hybridized carbons (Fsp3) is 0.0769.